The molecule has 1 aromatic carbocycles. The molecule has 0 saturated heterocycles. The number of hydrogen-bond donors (Lipinski definition) is 1. The summed E-state index contributed by atoms with van der Waals surface area (Å²) in [4.78, 5) is 0. The predicted octanol–water partition coefficient (Wildman–Crippen LogP) is 3.09. The summed E-state index contributed by atoms with van der Waals surface area (Å²) in [5.41, 5.74) is 7.73. The van der Waals surface area contributed by atoms with Crippen LogP contribution in [0.25, 0.3) is 11.0 Å². The SMILES string of the molecule is COc1cc(CC(C)N)c(Br)c2ccoc12. The smallest absolute Gasteiger partial charge is 0.176 e. The molecule has 0 radical (unpaired) electrons. The predicted molar refractivity (Wildman–Crippen MR) is 67.8 cm³/mol. The number of benzene rings is 1. The van der Waals surface area contributed by atoms with E-state index in [2.05, 4.69) is 15.9 Å². The summed E-state index contributed by atoms with van der Waals surface area (Å²) >= 11 is 3.58. The van der Waals surface area contributed by atoms with Crippen LogP contribution in [0.15, 0.2) is 27.3 Å². The summed E-state index contributed by atoms with van der Waals surface area (Å²) in [6.45, 7) is 1.98. The Morgan fingerprint density at radius 3 is 2.94 bits per heavy atom. The van der Waals surface area contributed by atoms with E-state index < -0.39 is 0 Å². The first-order chi connectivity index (χ1) is 7.63. The van der Waals surface area contributed by atoms with Crippen molar-refractivity contribution in [3.63, 3.8) is 0 Å². The van der Waals surface area contributed by atoms with Gasteiger partial charge in [-0.1, -0.05) is 0 Å². The molecule has 0 bridgehead atoms. The van der Waals surface area contributed by atoms with E-state index in [1.807, 2.05) is 19.1 Å². The number of halogens is 1. The Labute approximate surface area is 103 Å². The van der Waals surface area contributed by atoms with Crippen molar-refractivity contribution < 1.29 is 9.15 Å². The van der Waals surface area contributed by atoms with Crippen molar-refractivity contribution in [2.24, 2.45) is 5.73 Å². The zero-order valence-electron chi connectivity index (χ0n) is 9.29. The Bertz CT molecular complexity index is 505. The van der Waals surface area contributed by atoms with Crippen LogP contribution in [0.2, 0.25) is 0 Å². The Balaban J connectivity index is 2.61. The highest BCUT2D eigenvalue weighted by molar-refractivity contribution is 9.10. The lowest BCUT2D eigenvalue weighted by atomic mass is 10.1. The molecule has 0 amide bonds. The van der Waals surface area contributed by atoms with Crippen LogP contribution in [-0.4, -0.2) is 13.2 Å². The molecule has 0 aliphatic heterocycles. The van der Waals surface area contributed by atoms with Crippen LogP contribution >= 0.6 is 15.9 Å². The average molecular weight is 284 g/mol. The van der Waals surface area contributed by atoms with E-state index in [-0.39, 0.29) is 6.04 Å². The van der Waals surface area contributed by atoms with E-state index in [1.54, 1.807) is 13.4 Å². The maximum Gasteiger partial charge on any atom is 0.176 e. The Kier molecular flexibility index (Phi) is 3.21. The van der Waals surface area contributed by atoms with Gasteiger partial charge < -0.3 is 14.9 Å². The molecule has 0 aliphatic carbocycles. The lowest BCUT2D eigenvalue weighted by Crippen LogP contribution is -2.18. The maximum absolute atomic E-state index is 5.82. The Morgan fingerprint density at radius 1 is 1.56 bits per heavy atom. The third-order valence-electron chi connectivity index (χ3n) is 2.47. The number of ether oxygens (including phenoxy) is 1. The minimum atomic E-state index is 0.116. The Morgan fingerprint density at radius 2 is 2.31 bits per heavy atom. The molecule has 1 aromatic heterocycles. The molecular weight excluding hydrogens is 270 g/mol. The molecule has 2 N–H and O–H groups in total. The fourth-order valence-electron chi connectivity index (χ4n) is 1.78. The number of nitrogens with two attached hydrogens (primary N) is 1. The van der Waals surface area contributed by atoms with Gasteiger partial charge in [0.15, 0.2) is 11.3 Å². The molecule has 0 saturated carbocycles. The number of furan rings is 1. The maximum atomic E-state index is 5.82. The second kappa shape index (κ2) is 4.47. The van der Waals surface area contributed by atoms with Crippen molar-refractivity contribution in [1.82, 2.24) is 0 Å². The van der Waals surface area contributed by atoms with Gasteiger partial charge in [0.1, 0.15) is 0 Å². The van der Waals surface area contributed by atoms with Crippen molar-refractivity contribution in [2.45, 2.75) is 19.4 Å². The van der Waals surface area contributed by atoms with Gasteiger partial charge in [0, 0.05) is 15.9 Å². The van der Waals surface area contributed by atoms with Crippen LogP contribution in [0.3, 0.4) is 0 Å². The minimum absolute atomic E-state index is 0.116. The lowest BCUT2D eigenvalue weighted by Gasteiger charge is -2.10. The number of hydrogen-bond acceptors (Lipinski definition) is 3. The largest absolute Gasteiger partial charge is 0.493 e. The van der Waals surface area contributed by atoms with Gasteiger partial charge in [-0.2, -0.15) is 0 Å². The topological polar surface area (TPSA) is 48.4 Å². The molecule has 0 aliphatic rings. The first kappa shape index (κ1) is 11.5. The van der Waals surface area contributed by atoms with Gasteiger partial charge in [-0.3, -0.25) is 0 Å². The van der Waals surface area contributed by atoms with E-state index in [0.717, 1.165) is 33.2 Å². The van der Waals surface area contributed by atoms with Crippen LogP contribution in [0.4, 0.5) is 0 Å². The summed E-state index contributed by atoms with van der Waals surface area (Å²) in [6.07, 6.45) is 2.46. The van der Waals surface area contributed by atoms with Gasteiger partial charge in [-0.25, -0.2) is 0 Å². The second-order valence-corrected chi connectivity index (χ2v) is 4.69. The number of methoxy groups -OCH3 is 1. The molecular formula is C12H14BrNO2. The normalized spacial score (nSPS) is 13.0. The fraction of sp³-hybridized carbons (Fsp3) is 0.333. The van der Waals surface area contributed by atoms with Crippen LogP contribution in [0, 0.1) is 0 Å². The van der Waals surface area contributed by atoms with Gasteiger partial charge in [-0.05, 0) is 47.0 Å². The van der Waals surface area contributed by atoms with Crippen molar-refractivity contribution in [3.05, 3.63) is 28.4 Å². The standard InChI is InChI=1S/C12H14BrNO2/c1-7(14)5-8-6-10(15-2)12-9(11(8)13)3-4-16-12/h3-4,6-7H,5,14H2,1-2H3. The summed E-state index contributed by atoms with van der Waals surface area (Å²) < 4.78 is 11.7. The van der Waals surface area contributed by atoms with Crippen LogP contribution < -0.4 is 10.5 Å². The van der Waals surface area contributed by atoms with Crippen molar-refractivity contribution in [1.29, 1.82) is 0 Å². The molecule has 0 spiro atoms. The van der Waals surface area contributed by atoms with Crippen LogP contribution in [0.5, 0.6) is 5.75 Å². The average Bonchev–Trinajstić information content (AvgIpc) is 2.70. The molecule has 1 atom stereocenters. The van der Waals surface area contributed by atoms with E-state index in [4.69, 9.17) is 14.9 Å². The minimum Gasteiger partial charge on any atom is -0.493 e. The van der Waals surface area contributed by atoms with E-state index in [0.29, 0.717) is 0 Å². The highest BCUT2D eigenvalue weighted by atomic mass is 79.9. The van der Waals surface area contributed by atoms with Gasteiger partial charge in [0.2, 0.25) is 0 Å². The first-order valence-corrected chi connectivity index (χ1v) is 5.91. The lowest BCUT2D eigenvalue weighted by molar-refractivity contribution is 0.409. The monoisotopic (exact) mass is 283 g/mol. The molecule has 1 unspecified atom stereocenters. The number of rotatable bonds is 3. The fourth-order valence-corrected chi connectivity index (χ4v) is 2.37. The molecule has 86 valence electrons. The summed E-state index contributed by atoms with van der Waals surface area (Å²) in [6, 6.07) is 4.01. The quantitative estimate of drug-likeness (QED) is 0.942. The summed E-state index contributed by atoms with van der Waals surface area (Å²) in [5.74, 6) is 0.749. The third-order valence-corrected chi connectivity index (χ3v) is 3.41. The zero-order chi connectivity index (χ0) is 11.7. The summed E-state index contributed by atoms with van der Waals surface area (Å²) in [5, 5.41) is 1.02. The van der Waals surface area contributed by atoms with Gasteiger partial charge in [-0.15, -0.1) is 0 Å². The molecule has 3 nitrogen and oxygen atoms in total. The molecule has 2 aromatic rings. The first-order valence-electron chi connectivity index (χ1n) is 5.11. The van der Waals surface area contributed by atoms with Crippen molar-refractivity contribution >= 4 is 26.9 Å². The second-order valence-electron chi connectivity index (χ2n) is 3.90. The third kappa shape index (κ3) is 1.95. The molecule has 1 heterocycles. The van der Waals surface area contributed by atoms with Gasteiger partial charge in [0.25, 0.3) is 0 Å². The summed E-state index contributed by atoms with van der Waals surface area (Å²) in [7, 11) is 1.64. The van der Waals surface area contributed by atoms with Crippen molar-refractivity contribution in [2.75, 3.05) is 7.11 Å². The molecule has 4 heteroatoms. The van der Waals surface area contributed by atoms with E-state index in [1.165, 1.54) is 0 Å². The molecule has 16 heavy (non-hydrogen) atoms. The molecule has 0 fully saturated rings. The van der Waals surface area contributed by atoms with Gasteiger partial charge in [0.05, 0.1) is 13.4 Å². The highest BCUT2D eigenvalue weighted by Crippen LogP contribution is 2.36. The Hall–Kier alpha value is -1.00. The van der Waals surface area contributed by atoms with Gasteiger partial charge >= 0.3 is 0 Å². The van der Waals surface area contributed by atoms with E-state index in [9.17, 15) is 0 Å². The zero-order valence-corrected chi connectivity index (χ0v) is 10.9. The molecule has 2 rings (SSSR count). The van der Waals surface area contributed by atoms with Crippen LogP contribution in [0.1, 0.15) is 12.5 Å². The van der Waals surface area contributed by atoms with Crippen molar-refractivity contribution in [3.8, 4) is 5.75 Å². The number of fused-ring (bicyclic) bond motifs is 1. The van der Waals surface area contributed by atoms with Crippen LogP contribution in [-0.2, 0) is 6.42 Å². The van der Waals surface area contributed by atoms with E-state index >= 15 is 0 Å². The highest BCUT2D eigenvalue weighted by Gasteiger charge is 2.14.